The van der Waals surface area contributed by atoms with Gasteiger partial charge in [-0.1, -0.05) is 6.42 Å². The van der Waals surface area contributed by atoms with E-state index in [9.17, 15) is 0 Å². The van der Waals surface area contributed by atoms with E-state index >= 15 is 0 Å². The highest BCUT2D eigenvalue weighted by Crippen LogP contribution is 2.61. The molecule has 1 aliphatic heterocycles. The molecule has 25 heavy (non-hydrogen) atoms. The molecular formula is C21H41N3O. The van der Waals surface area contributed by atoms with Crippen molar-refractivity contribution >= 4 is 0 Å². The molecule has 0 radical (unpaired) electrons. The molecule has 2 bridgehead atoms. The van der Waals surface area contributed by atoms with Crippen molar-refractivity contribution in [1.29, 1.82) is 0 Å². The summed E-state index contributed by atoms with van der Waals surface area (Å²) in [6, 6.07) is 0.573. The standard InChI is InChI=1S/C21H41N3O/c1-20-18-9-7-11-21(18,17-25-20)12-10-19(20)22-13-5-6-15-24(4)16-8-14-23(2)3/h18-19,22H,5-17H2,1-4H3/t18-,19+,20+,21-/m1/s1. The van der Waals surface area contributed by atoms with Crippen molar-refractivity contribution in [2.24, 2.45) is 11.3 Å². The van der Waals surface area contributed by atoms with Crippen molar-refractivity contribution in [2.75, 3.05) is 53.9 Å². The van der Waals surface area contributed by atoms with E-state index in [1.165, 1.54) is 71.0 Å². The number of nitrogens with one attached hydrogen (secondary N) is 1. The van der Waals surface area contributed by atoms with Gasteiger partial charge in [-0.2, -0.15) is 0 Å². The minimum Gasteiger partial charge on any atom is -0.373 e. The summed E-state index contributed by atoms with van der Waals surface area (Å²) in [7, 11) is 6.57. The van der Waals surface area contributed by atoms with Crippen LogP contribution in [0.4, 0.5) is 0 Å². The van der Waals surface area contributed by atoms with E-state index in [2.05, 4.69) is 43.2 Å². The number of rotatable bonds is 10. The SMILES string of the molecule is CN(C)CCCN(C)CCCCN[C@H]1CC[C@@]23CCC[C@@H]2[C@]1(C)OC3. The molecule has 4 nitrogen and oxygen atoms in total. The Kier molecular flexibility index (Phi) is 6.46. The Morgan fingerprint density at radius 2 is 1.80 bits per heavy atom. The first-order valence-electron chi connectivity index (χ1n) is 10.7. The van der Waals surface area contributed by atoms with Crippen LogP contribution >= 0.6 is 0 Å². The zero-order valence-corrected chi connectivity index (χ0v) is 17.1. The smallest absolute Gasteiger partial charge is 0.0841 e. The zero-order valence-electron chi connectivity index (χ0n) is 17.1. The topological polar surface area (TPSA) is 27.7 Å². The van der Waals surface area contributed by atoms with Gasteiger partial charge in [0.2, 0.25) is 0 Å². The number of nitrogens with zero attached hydrogens (tertiary/aromatic N) is 2. The van der Waals surface area contributed by atoms with Crippen LogP contribution in [-0.2, 0) is 4.74 Å². The first kappa shape index (κ1) is 19.6. The van der Waals surface area contributed by atoms with Gasteiger partial charge in [-0.05, 0) is 111 Å². The van der Waals surface area contributed by atoms with Gasteiger partial charge in [0, 0.05) is 6.04 Å². The Morgan fingerprint density at radius 3 is 2.60 bits per heavy atom. The minimum absolute atomic E-state index is 0.109. The van der Waals surface area contributed by atoms with Crippen molar-refractivity contribution in [2.45, 2.75) is 69.9 Å². The molecule has 0 amide bonds. The average molecular weight is 352 g/mol. The van der Waals surface area contributed by atoms with Crippen LogP contribution < -0.4 is 5.32 Å². The first-order valence-corrected chi connectivity index (χ1v) is 10.7. The summed E-state index contributed by atoms with van der Waals surface area (Å²) >= 11 is 0. The first-order chi connectivity index (χ1) is 12.0. The Labute approximate surface area is 155 Å². The van der Waals surface area contributed by atoms with Crippen LogP contribution in [0, 0.1) is 11.3 Å². The Bertz CT molecular complexity index is 429. The predicted molar refractivity (Wildman–Crippen MR) is 105 cm³/mol. The summed E-state index contributed by atoms with van der Waals surface area (Å²) in [5.41, 5.74) is 0.667. The third-order valence-corrected chi connectivity index (χ3v) is 7.39. The highest BCUT2D eigenvalue weighted by atomic mass is 16.5. The van der Waals surface area contributed by atoms with Crippen LogP contribution in [0.25, 0.3) is 0 Å². The molecule has 4 heteroatoms. The molecule has 3 rings (SSSR count). The molecule has 3 fully saturated rings. The Morgan fingerprint density at radius 1 is 1.00 bits per heavy atom. The van der Waals surface area contributed by atoms with Gasteiger partial charge in [-0.15, -0.1) is 0 Å². The molecule has 2 aliphatic carbocycles. The molecule has 0 aromatic carbocycles. The normalized spacial score (nSPS) is 37.2. The largest absolute Gasteiger partial charge is 0.373 e. The molecule has 0 aromatic heterocycles. The molecule has 1 saturated heterocycles. The highest BCUT2D eigenvalue weighted by molar-refractivity contribution is 5.14. The maximum absolute atomic E-state index is 6.42. The third kappa shape index (κ3) is 4.23. The van der Waals surface area contributed by atoms with E-state index in [1.807, 2.05) is 0 Å². The maximum Gasteiger partial charge on any atom is 0.0841 e. The van der Waals surface area contributed by atoms with E-state index in [-0.39, 0.29) is 5.60 Å². The second-order valence-corrected chi connectivity index (χ2v) is 9.49. The van der Waals surface area contributed by atoms with Gasteiger partial charge < -0.3 is 19.9 Å². The number of ether oxygens (including phenoxy) is 1. The highest BCUT2D eigenvalue weighted by Gasteiger charge is 2.63. The number of hydrogen-bond acceptors (Lipinski definition) is 4. The van der Waals surface area contributed by atoms with Crippen LogP contribution in [0.1, 0.15) is 58.3 Å². The van der Waals surface area contributed by atoms with Gasteiger partial charge in [-0.25, -0.2) is 0 Å². The van der Waals surface area contributed by atoms with Gasteiger partial charge in [-0.3, -0.25) is 0 Å². The van der Waals surface area contributed by atoms with Gasteiger partial charge in [0.25, 0.3) is 0 Å². The van der Waals surface area contributed by atoms with Crippen molar-refractivity contribution < 1.29 is 4.74 Å². The minimum atomic E-state index is 0.109. The van der Waals surface area contributed by atoms with Crippen molar-refractivity contribution in [3.8, 4) is 0 Å². The molecule has 0 spiro atoms. The van der Waals surface area contributed by atoms with E-state index in [0.717, 1.165) is 19.1 Å². The maximum atomic E-state index is 6.42. The second-order valence-electron chi connectivity index (χ2n) is 9.49. The lowest BCUT2D eigenvalue weighted by Gasteiger charge is -2.45. The third-order valence-electron chi connectivity index (χ3n) is 7.39. The molecule has 0 aromatic rings. The van der Waals surface area contributed by atoms with Crippen molar-refractivity contribution in [3.05, 3.63) is 0 Å². The van der Waals surface area contributed by atoms with E-state index < -0.39 is 0 Å². The summed E-state index contributed by atoms with van der Waals surface area (Å²) in [5.74, 6) is 0.814. The molecule has 146 valence electrons. The average Bonchev–Trinajstić information content (AvgIpc) is 3.06. The molecule has 1 heterocycles. The fraction of sp³-hybridized carbons (Fsp3) is 1.00. The lowest BCUT2D eigenvalue weighted by atomic mass is 9.62. The molecule has 0 unspecified atom stereocenters. The summed E-state index contributed by atoms with van der Waals surface area (Å²) in [4.78, 5) is 4.75. The molecule has 4 atom stereocenters. The molecule has 1 N–H and O–H groups in total. The van der Waals surface area contributed by atoms with E-state index in [4.69, 9.17) is 4.74 Å². The summed E-state index contributed by atoms with van der Waals surface area (Å²) in [5, 5.41) is 3.88. The lowest BCUT2D eigenvalue weighted by molar-refractivity contribution is -0.0435. The summed E-state index contributed by atoms with van der Waals surface area (Å²) in [6.07, 6.45) is 10.8. The number of hydrogen-bond donors (Lipinski definition) is 1. The van der Waals surface area contributed by atoms with Crippen molar-refractivity contribution in [3.63, 3.8) is 0 Å². The van der Waals surface area contributed by atoms with E-state index in [1.54, 1.807) is 0 Å². The molecule has 2 saturated carbocycles. The van der Waals surface area contributed by atoms with Gasteiger partial charge in [0.15, 0.2) is 0 Å². The van der Waals surface area contributed by atoms with Gasteiger partial charge in [0.05, 0.1) is 12.2 Å². The van der Waals surface area contributed by atoms with Gasteiger partial charge >= 0.3 is 0 Å². The van der Waals surface area contributed by atoms with Crippen LogP contribution in [0.3, 0.4) is 0 Å². The van der Waals surface area contributed by atoms with Gasteiger partial charge in [0.1, 0.15) is 0 Å². The molecule has 3 aliphatic rings. The fourth-order valence-electron chi connectivity index (χ4n) is 5.90. The second kappa shape index (κ2) is 8.24. The van der Waals surface area contributed by atoms with Crippen LogP contribution in [0.5, 0.6) is 0 Å². The molecular weight excluding hydrogens is 310 g/mol. The fourth-order valence-corrected chi connectivity index (χ4v) is 5.90. The predicted octanol–water partition coefficient (Wildman–Crippen LogP) is 2.98. The Hall–Kier alpha value is -0.160. The zero-order chi connectivity index (χ0) is 17.9. The van der Waals surface area contributed by atoms with E-state index in [0.29, 0.717) is 11.5 Å². The number of unbranched alkanes of at least 4 members (excludes halogenated alkanes) is 1. The van der Waals surface area contributed by atoms with Crippen LogP contribution in [-0.4, -0.2) is 75.4 Å². The summed E-state index contributed by atoms with van der Waals surface area (Å²) in [6.45, 7) is 8.21. The van der Waals surface area contributed by atoms with Crippen LogP contribution in [0.2, 0.25) is 0 Å². The Balaban J connectivity index is 1.32. The van der Waals surface area contributed by atoms with Crippen molar-refractivity contribution in [1.82, 2.24) is 15.1 Å². The summed E-state index contributed by atoms with van der Waals surface area (Å²) < 4.78 is 6.42. The quantitative estimate of drug-likeness (QED) is 0.613. The van der Waals surface area contributed by atoms with Crippen LogP contribution in [0.15, 0.2) is 0 Å². The lowest BCUT2D eigenvalue weighted by Crippen LogP contribution is -2.56. The monoisotopic (exact) mass is 351 g/mol.